The van der Waals surface area contributed by atoms with Gasteiger partial charge < -0.3 is 16.0 Å². The first-order chi connectivity index (χ1) is 11.3. The second-order valence-electron chi connectivity index (χ2n) is 6.28. The Morgan fingerprint density at radius 2 is 1.65 bits per heavy atom. The summed E-state index contributed by atoms with van der Waals surface area (Å²) in [5, 5.41) is 3.65. The molecule has 0 aliphatic rings. The average Bonchev–Trinajstić information content (AvgIpc) is 2.57. The van der Waals surface area contributed by atoms with Crippen molar-refractivity contribution in [2.75, 3.05) is 20.6 Å². The van der Waals surface area contributed by atoms with E-state index in [-0.39, 0.29) is 36.8 Å². The molecule has 0 fully saturated rings. The Morgan fingerprint density at radius 3 is 2.19 bits per heavy atom. The SMILES string of the molecule is CN(C)C(CNC(=O)C(C)(N)c1ccccc1)c1ccccc1Cl.Cl.Cl. The van der Waals surface area contributed by atoms with E-state index >= 15 is 0 Å². The number of likely N-dealkylation sites (N-methyl/N-ethyl adjacent to an activating group) is 1. The third kappa shape index (κ3) is 5.86. The van der Waals surface area contributed by atoms with Gasteiger partial charge in [0.15, 0.2) is 0 Å². The smallest absolute Gasteiger partial charge is 0.244 e. The molecule has 1 amide bonds. The summed E-state index contributed by atoms with van der Waals surface area (Å²) in [7, 11) is 3.91. The molecule has 0 spiro atoms. The monoisotopic (exact) mass is 417 g/mol. The van der Waals surface area contributed by atoms with Crippen molar-refractivity contribution in [1.82, 2.24) is 10.2 Å². The van der Waals surface area contributed by atoms with Gasteiger partial charge in [0, 0.05) is 11.6 Å². The number of nitrogens with one attached hydrogen (secondary N) is 1. The highest BCUT2D eigenvalue weighted by Gasteiger charge is 2.31. The van der Waals surface area contributed by atoms with Crippen molar-refractivity contribution in [2.24, 2.45) is 5.73 Å². The molecule has 4 nitrogen and oxygen atoms in total. The fourth-order valence-corrected chi connectivity index (χ4v) is 2.87. The number of amides is 1. The van der Waals surface area contributed by atoms with Crippen LogP contribution in [-0.4, -0.2) is 31.4 Å². The van der Waals surface area contributed by atoms with Crippen LogP contribution < -0.4 is 11.1 Å². The molecule has 0 aliphatic heterocycles. The summed E-state index contributed by atoms with van der Waals surface area (Å²) in [6.07, 6.45) is 0. The Balaban J connectivity index is 0.00000312. The van der Waals surface area contributed by atoms with Gasteiger partial charge in [-0.05, 0) is 38.2 Å². The molecule has 2 atom stereocenters. The van der Waals surface area contributed by atoms with Crippen molar-refractivity contribution < 1.29 is 4.79 Å². The van der Waals surface area contributed by atoms with E-state index in [0.29, 0.717) is 11.6 Å². The van der Waals surface area contributed by atoms with Gasteiger partial charge in [-0.1, -0.05) is 60.1 Å². The number of halogens is 3. The fourth-order valence-electron chi connectivity index (χ4n) is 2.60. The van der Waals surface area contributed by atoms with E-state index < -0.39 is 5.54 Å². The summed E-state index contributed by atoms with van der Waals surface area (Å²) in [5.41, 5.74) is 6.93. The Bertz CT molecular complexity index is 693. The number of carbonyl (C=O) groups is 1. The van der Waals surface area contributed by atoms with Gasteiger partial charge in [-0.3, -0.25) is 4.79 Å². The van der Waals surface area contributed by atoms with Crippen LogP contribution in [0.4, 0.5) is 0 Å². The first-order valence-electron chi connectivity index (χ1n) is 7.87. The van der Waals surface area contributed by atoms with Crippen LogP contribution in [0, 0.1) is 0 Å². The first kappa shape index (κ1) is 24.7. The lowest BCUT2D eigenvalue weighted by Crippen LogP contribution is -2.50. The topological polar surface area (TPSA) is 58.4 Å². The number of benzene rings is 2. The maximum atomic E-state index is 12.6. The van der Waals surface area contributed by atoms with Gasteiger partial charge in [0.05, 0.1) is 6.04 Å². The van der Waals surface area contributed by atoms with Crippen molar-refractivity contribution in [3.05, 3.63) is 70.7 Å². The summed E-state index contributed by atoms with van der Waals surface area (Å²) < 4.78 is 0. The van der Waals surface area contributed by atoms with Crippen LogP contribution >= 0.6 is 36.4 Å². The van der Waals surface area contributed by atoms with Crippen LogP contribution in [0.5, 0.6) is 0 Å². The molecule has 0 heterocycles. The van der Waals surface area contributed by atoms with Gasteiger partial charge in [0.25, 0.3) is 0 Å². The maximum absolute atomic E-state index is 12.6. The zero-order chi connectivity index (χ0) is 17.7. The minimum Gasteiger partial charge on any atom is -0.352 e. The molecule has 2 aromatic rings. The molecule has 2 unspecified atom stereocenters. The second kappa shape index (κ2) is 10.8. The number of rotatable bonds is 6. The van der Waals surface area contributed by atoms with Crippen molar-refractivity contribution in [1.29, 1.82) is 0 Å². The van der Waals surface area contributed by atoms with Crippen LogP contribution in [-0.2, 0) is 10.3 Å². The number of hydrogen-bond acceptors (Lipinski definition) is 3. The van der Waals surface area contributed by atoms with Gasteiger partial charge in [-0.25, -0.2) is 0 Å². The van der Waals surface area contributed by atoms with E-state index in [2.05, 4.69) is 5.32 Å². The Morgan fingerprint density at radius 1 is 1.12 bits per heavy atom. The molecule has 2 rings (SSSR count). The van der Waals surface area contributed by atoms with E-state index in [1.165, 1.54) is 0 Å². The number of nitrogens with two attached hydrogens (primary N) is 1. The predicted octanol–water partition coefficient (Wildman–Crippen LogP) is 3.78. The van der Waals surface area contributed by atoms with Crippen LogP contribution in [0.2, 0.25) is 5.02 Å². The van der Waals surface area contributed by atoms with Gasteiger partial charge >= 0.3 is 0 Å². The molecular formula is C19H26Cl3N3O. The lowest BCUT2D eigenvalue weighted by Gasteiger charge is -2.29. The standard InChI is InChI=1S/C19H24ClN3O.2ClH/c1-19(21,14-9-5-4-6-10-14)18(24)22-13-17(23(2)3)15-11-7-8-12-16(15)20;;/h4-12,17H,13,21H2,1-3H3,(H,22,24);2*1H. The molecule has 0 radical (unpaired) electrons. The summed E-state index contributed by atoms with van der Waals surface area (Å²) in [5.74, 6) is -0.215. The first-order valence-corrected chi connectivity index (χ1v) is 8.25. The number of nitrogens with zero attached hydrogens (tertiary/aromatic N) is 1. The fraction of sp³-hybridized carbons (Fsp3) is 0.316. The largest absolute Gasteiger partial charge is 0.352 e. The van der Waals surface area contributed by atoms with E-state index in [9.17, 15) is 4.79 Å². The summed E-state index contributed by atoms with van der Waals surface area (Å²) in [6, 6.07) is 17.0. The summed E-state index contributed by atoms with van der Waals surface area (Å²) >= 11 is 6.30. The minimum absolute atomic E-state index is 0. The molecule has 0 aliphatic carbocycles. The highest BCUT2D eigenvalue weighted by molar-refractivity contribution is 6.31. The second-order valence-corrected chi connectivity index (χ2v) is 6.69. The molecule has 0 saturated heterocycles. The van der Waals surface area contributed by atoms with E-state index in [1.807, 2.05) is 73.6 Å². The van der Waals surface area contributed by atoms with Crippen LogP contribution in [0.25, 0.3) is 0 Å². The number of carbonyl (C=O) groups excluding carboxylic acids is 1. The molecule has 0 bridgehead atoms. The van der Waals surface area contributed by atoms with Gasteiger partial charge in [0.1, 0.15) is 5.54 Å². The van der Waals surface area contributed by atoms with E-state index in [1.54, 1.807) is 6.92 Å². The summed E-state index contributed by atoms with van der Waals surface area (Å²) in [4.78, 5) is 14.6. The van der Waals surface area contributed by atoms with Crippen LogP contribution in [0.1, 0.15) is 24.1 Å². The van der Waals surface area contributed by atoms with E-state index in [0.717, 1.165) is 11.1 Å². The van der Waals surface area contributed by atoms with Crippen LogP contribution in [0.15, 0.2) is 54.6 Å². The Labute approximate surface area is 172 Å². The van der Waals surface area contributed by atoms with Crippen molar-refractivity contribution in [3.63, 3.8) is 0 Å². The van der Waals surface area contributed by atoms with Crippen molar-refractivity contribution in [2.45, 2.75) is 18.5 Å². The molecule has 2 aromatic carbocycles. The number of hydrogen-bond donors (Lipinski definition) is 2. The average molecular weight is 419 g/mol. The zero-order valence-electron chi connectivity index (χ0n) is 15.1. The molecule has 7 heteroatoms. The van der Waals surface area contributed by atoms with Crippen molar-refractivity contribution in [3.8, 4) is 0 Å². The highest BCUT2D eigenvalue weighted by atomic mass is 35.5. The van der Waals surface area contributed by atoms with Crippen LogP contribution in [0.3, 0.4) is 0 Å². The summed E-state index contributed by atoms with van der Waals surface area (Å²) in [6.45, 7) is 2.15. The lowest BCUT2D eigenvalue weighted by atomic mass is 9.92. The third-order valence-corrected chi connectivity index (χ3v) is 4.53. The van der Waals surface area contributed by atoms with E-state index in [4.69, 9.17) is 17.3 Å². The predicted molar refractivity (Wildman–Crippen MR) is 113 cm³/mol. The lowest BCUT2D eigenvalue weighted by molar-refractivity contribution is -0.126. The normalized spacial score (nSPS) is 13.8. The quantitative estimate of drug-likeness (QED) is 0.750. The Hall–Kier alpha value is -1.30. The minimum atomic E-state index is -1.08. The van der Waals surface area contributed by atoms with Gasteiger partial charge in [0.2, 0.25) is 5.91 Å². The zero-order valence-corrected chi connectivity index (χ0v) is 17.5. The maximum Gasteiger partial charge on any atom is 0.244 e. The molecular weight excluding hydrogens is 393 g/mol. The van der Waals surface area contributed by atoms with Gasteiger partial charge in [-0.15, -0.1) is 24.8 Å². The Kier molecular flexibility index (Phi) is 10.2. The third-order valence-electron chi connectivity index (χ3n) is 4.19. The molecule has 0 saturated carbocycles. The highest BCUT2D eigenvalue weighted by Crippen LogP contribution is 2.26. The molecule has 26 heavy (non-hydrogen) atoms. The molecule has 3 N–H and O–H groups in total. The molecule has 144 valence electrons. The van der Waals surface area contributed by atoms with Gasteiger partial charge in [-0.2, -0.15) is 0 Å². The van der Waals surface area contributed by atoms with Crippen molar-refractivity contribution >= 4 is 42.3 Å². The molecule has 0 aromatic heterocycles.